The van der Waals surface area contributed by atoms with E-state index in [-0.39, 0.29) is 11.9 Å². The summed E-state index contributed by atoms with van der Waals surface area (Å²) in [4.78, 5) is 12.8. The third-order valence-corrected chi connectivity index (χ3v) is 4.85. The lowest BCUT2D eigenvalue weighted by Crippen LogP contribution is -2.47. The number of rotatable bonds is 4. The molecular weight excluding hydrogens is 264 g/mol. The van der Waals surface area contributed by atoms with Crippen LogP contribution < -0.4 is 11.1 Å². The summed E-state index contributed by atoms with van der Waals surface area (Å²) in [7, 11) is 0. The fraction of sp³-hybridized carbons (Fsp3) is 0.538. The minimum absolute atomic E-state index is 0.00815. The van der Waals surface area contributed by atoms with Crippen molar-refractivity contribution in [2.45, 2.75) is 38.6 Å². The highest BCUT2D eigenvalue weighted by Crippen LogP contribution is 2.39. The van der Waals surface area contributed by atoms with Gasteiger partial charge in [-0.3, -0.25) is 4.79 Å². The lowest BCUT2D eigenvalue weighted by Gasteiger charge is -2.28. The SMILES string of the molecule is CC(NC(=O)C1(C(N)=S)CCCC1)c1ccsc1. The molecule has 1 aliphatic rings. The number of hydrogen-bond donors (Lipinski definition) is 2. The van der Waals surface area contributed by atoms with E-state index in [0.29, 0.717) is 4.99 Å². The number of thiophene rings is 1. The normalized spacial score (nSPS) is 19.4. The zero-order valence-corrected chi connectivity index (χ0v) is 12.1. The van der Waals surface area contributed by atoms with Gasteiger partial charge < -0.3 is 11.1 Å². The van der Waals surface area contributed by atoms with Gasteiger partial charge in [0.05, 0.1) is 16.4 Å². The molecular formula is C13H18N2OS2. The van der Waals surface area contributed by atoms with Gasteiger partial charge in [0.1, 0.15) is 0 Å². The van der Waals surface area contributed by atoms with E-state index in [1.807, 2.05) is 23.8 Å². The van der Waals surface area contributed by atoms with E-state index in [1.165, 1.54) is 0 Å². The van der Waals surface area contributed by atoms with Gasteiger partial charge in [0, 0.05) is 0 Å². The number of hydrogen-bond acceptors (Lipinski definition) is 3. The lowest BCUT2D eigenvalue weighted by molar-refractivity contribution is -0.128. The lowest BCUT2D eigenvalue weighted by atomic mass is 9.84. The van der Waals surface area contributed by atoms with Gasteiger partial charge in [0.25, 0.3) is 0 Å². The number of carbonyl (C=O) groups excluding carboxylic acids is 1. The first-order chi connectivity index (χ1) is 8.56. The molecule has 1 aromatic rings. The second kappa shape index (κ2) is 5.36. The predicted octanol–water partition coefficient (Wildman–Crippen LogP) is 2.77. The van der Waals surface area contributed by atoms with Crippen molar-refractivity contribution < 1.29 is 4.79 Å². The number of carbonyl (C=O) groups is 1. The molecule has 0 spiro atoms. The molecule has 2 rings (SSSR count). The Morgan fingerprint density at radius 1 is 1.56 bits per heavy atom. The van der Waals surface area contributed by atoms with Gasteiger partial charge in [-0.2, -0.15) is 11.3 Å². The molecule has 1 unspecified atom stereocenters. The number of nitrogens with one attached hydrogen (secondary N) is 1. The molecule has 0 aromatic carbocycles. The third kappa shape index (κ3) is 2.42. The van der Waals surface area contributed by atoms with Crippen molar-refractivity contribution in [2.75, 3.05) is 0 Å². The predicted molar refractivity (Wildman–Crippen MR) is 78.6 cm³/mol. The Morgan fingerprint density at radius 2 is 2.22 bits per heavy atom. The van der Waals surface area contributed by atoms with Crippen molar-refractivity contribution >= 4 is 34.5 Å². The maximum atomic E-state index is 12.4. The van der Waals surface area contributed by atoms with Crippen LogP contribution in [0.3, 0.4) is 0 Å². The monoisotopic (exact) mass is 282 g/mol. The second-order valence-electron chi connectivity index (χ2n) is 4.91. The molecule has 1 aliphatic carbocycles. The molecule has 1 amide bonds. The Kier molecular flexibility index (Phi) is 4.02. The summed E-state index contributed by atoms with van der Waals surface area (Å²) in [5.41, 5.74) is 6.32. The zero-order chi connectivity index (χ0) is 13.2. The van der Waals surface area contributed by atoms with E-state index >= 15 is 0 Å². The van der Waals surface area contributed by atoms with Crippen LogP contribution in [0.15, 0.2) is 16.8 Å². The molecule has 0 aliphatic heterocycles. The Bertz CT molecular complexity index is 436. The second-order valence-corrected chi connectivity index (χ2v) is 6.13. The molecule has 0 saturated heterocycles. The van der Waals surface area contributed by atoms with Gasteiger partial charge in [-0.25, -0.2) is 0 Å². The van der Waals surface area contributed by atoms with Gasteiger partial charge in [-0.15, -0.1) is 0 Å². The smallest absolute Gasteiger partial charge is 0.233 e. The number of thiocarbonyl (C=S) groups is 1. The van der Waals surface area contributed by atoms with Crippen LogP contribution in [0.25, 0.3) is 0 Å². The molecule has 3 N–H and O–H groups in total. The molecule has 1 atom stereocenters. The minimum Gasteiger partial charge on any atom is -0.392 e. The van der Waals surface area contributed by atoms with Crippen molar-refractivity contribution in [3.8, 4) is 0 Å². The standard InChI is InChI=1S/C13H18N2OS2/c1-9(10-4-7-18-8-10)15-12(16)13(11(14)17)5-2-3-6-13/h4,7-9H,2-3,5-6H2,1H3,(H2,14,17)(H,15,16). The van der Waals surface area contributed by atoms with Gasteiger partial charge in [-0.1, -0.05) is 25.1 Å². The van der Waals surface area contributed by atoms with E-state index in [9.17, 15) is 4.79 Å². The molecule has 1 saturated carbocycles. The summed E-state index contributed by atoms with van der Waals surface area (Å²) in [6.07, 6.45) is 3.62. The summed E-state index contributed by atoms with van der Waals surface area (Å²) in [5.74, 6) is -0.00815. The maximum absolute atomic E-state index is 12.4. The molecule has 1 heterocycles. The molecule has 5 heteroatoms. The molecule has 1 fully saturated rings. The van der Waals surface area contributed by atoms with Gasteiger partial charge in [0.15, 0.2) is 0 Å². The van der Waals surface area contributed by atoms with Gasteiger partial charge in [0.2, 0.25) is 5.91 Å². The third-order valence-electron chi connectivity index (χ3n) is 3.75. The van der Waals surface area contributed by atoms with Crippen LogP contribution in [0.2, 0.25) is 0 Å². The van der Waals surface area contributed by atoms with E-state index < -0.39 is 5.41 Å². The molecule has 1 aromatic heterocycles. The summed E-state index contributed by atoms with van der Waals surface area (Å²) in [5, 5.41) is 7.11. The Balaban J connectivity index is 2.09. The van der Waals surface area contributed by atoms with E-state index in [4.69, 9.17) is 18.0 Å². The van der Waals surface area contributed by atoms with Crippen molar-refractivity contribution in [3.63, 3.8) is 0 Å². The van der Waals surface area contributed by atoms with Crippen LogP contribution in [0.1, 0.15) is 44.2 Å². The van der Waals surface area contributed by atoms with Crippen LogP contribution >= 0.6 is 23.6 Å². The topological polar surface area (TPSA) is 55.1 Å². The highest BCUT2D eigenvalue weighted by Gasteiger charge is 2.44. The van der Waals surface area contributed by atoms with Crippen molar-refractivity contribution in [2.24, 2.45) is 11.1 Å². The minimum atomic E-state index is -0.611. The van der Waals surface area contributed by atoms with Crippen molar-refractivity contribution in [1.82, 2.24) is 5.32 Å². The van der Waals surface area contributed by atoms with Crippen LogP contribution in [-0.4, -0.2) is 10.9 Å². The van der Waals surface area contributed by atoms with E-state index in [2.05, 4.69) is 5.32 Å². The zero-order valence-electron chi connectivity index (χ0n) is 10.4. The molecule has 18 heavy (non-hydrogen) atoms. The first kappa shape index (κ1) is 13.5. The highest BCUT2D eigenvalue weighted by molar-refractivity contribution is 7.80. The average molecular weight is 282 g/mol. The van der Waals surface area contributed by atoms with E-state index in [0.717, 1.165) is 31.2 Å². The fourth-order valence-corrected chi connectivity index (χ4v) is 3.55. The summed E-state index contributed by atoms with van der Waals surface area (Å²) >= 11 is 6.75. The Morgan fingerprint density at radius 3 is 2.72 bits per heavy atom. The average Bonchev–Trinajstić information content (AvgIpc) is 3.01. The molecule has 0 bridgehead atoms. The van der Waals surface area contributed by atoms with Crippen molar-refractivity contribution in [1.29, 1.82) is 0 Å². The summed E-state index contributed by atoms with van der Waals surface area (Å²) < 4.78 is 0. The highest BCUT2D eigenvalue weighted by atomic mass is 32.1. The Hall–Kier alpha value is -0.940. The van der Waals surface area contributed by atoms with Crippen molar-refractivity contribution in [3.05, 3.63) is 22.4 Å². The van der Waals surface area contributed by atoms with Crippen LogP contribution in [-0.2, 0) is 4.79 Å². The Labute approximate surface area is 117 Å². The van der Waals surface area contributed by atoms with Gasteiger partial charge in [-0.05, 0) is 42.2 Å². The largest absolute Gasteiger partial charge is 0.392 e. The van der Waals surface area contributed by atoms with Crippen LogP contribution in [0.4, 0.5) is 0 Å². The number of nitrogens with two attached hydrogens (primary N) is 1. The number of amides is 1. The quantitative estimate of drug-likeness (QED) is 0.835. The molecule has 0 radical (unpaired) electrons. The summed E-state index contributed by atoms with van der Waals surface area (Å²) in [6, 6.07) is 2.04. The first-order valence-electron chi connectivity index (χ1n) is 6.19. The first-order valence-corrected chi connectivity index (χ1v) is 7.54. The maximum Gasteiger partial charge on any atom is 0.233 e. The van der Waals surface area contributed by atoms with Crippen LogP contribution in [0.5, 0.6) is 0 Å². The van der Waals surface area contributed by atoms with Gasteiger partial charge >= 0.3 is 0 Å². The van der Waals surface area contributed by atoms with Crippen LogP contribution in [0, 0.1) is 5.41 Å². The molecule has 3 nitrogen and oxygen atoms in total. The fourth-order valence-electron chi connectivity index (χ4n) is 2.50. The molecule has 98 valence electrons. The summed E-state index contributed by atoms with van der Waals surface area (Å²) in [6.45, 7) is 1.99. The van der Waals surface area contributed by atoms with E-state index in [1.54, 1.807) is 11.3 Å².